The molecule has 0 amide bonds. The van der Waals surface area contributed by atoms with Gasteiger partial charge in [0.2, 0.25) is 0 Å². The lowest BCUT2D eigenvalue weighted by Gasteiger charge is -2.34. The van der Waals surface area contributed by atoms with E-state index in [9.17, 15) is 35.4 Å². The van der Waals surface area contributed by atoms with Crippen molar-refractivity contribution in [2.45, 2.75) is 32.5 Å². The van der Waals surface area contributed by atoms with Crippen molar-refractivity contribution in [1.29, 1.82) is 0 Å². The van der Waals surface area contributed by atoms with Gasteiger partial charge in [0, 0.05) is 35.2 Å². The van der Waals surface area contributed by atoms with Gasteiger partial charge in [-0.1, -0.05) is 0 Å². The molecule has 0 aromatic heterocycles. The minimum absolute atomic E-state index is 0.00367. The highest BCUT2D eigenvalue weighted by atomic mass is 16.6. The second-order valence-electron chi connectivity index (χ2n) is 7.97. The Hall–Kier alpha value is -4.27. The van der Waals surface area contributed by atoms with Crippen molar-refractivity contribution in [1.82, 2.24) is 0 Å². The van der Waals surface area contributed by atoms with Gasteiger partial charge in [0.15, 0.2) is 17.6 Å². The summed E-state index contributed by atoms with van der Waals surface area (Å²) in [7, 11) is 0. The van der Waals surface area contributed by atoms with Gasteiger partial charge in [-0.3, -0.25) is 0 Å². The fourth-order valence-electron chi connectivity index (χ4n) is 3.79. The average Bonchev–Trinajstić information content (AvgIpc) is 2.75. The molecule has 4 rings (SSSR count). The van der Waals surface area contributed by atoms with E-state index in [1.54, 1.807) is 0 Å². The van der Waals surface area contributed by atoms with Gasteiger partial charge in [-0.2, -0.15) is 0 Å². The molecule has 6 N–H and O–H groups in total. The lowest BCUT2D eigenvalue weighted by molar-refractivity contribution is -0.0189. The Kier molecular flexibility index (Phi) is 5.33. The highest BCUT2D eigenvalue weighted by Crippen LogP contribution is 2.44. The molecule has 9 nitrogen and oxygen atoms in total. The zero-order valence-corrected chi connectivity index (χ0v) is 17.7. The Morgan fingerprint density at radius 1 is 0.879 bits per heavy atom. The van der Waals surface area contributed by atoms with Crippen LogP contribution >= 0.6 is 0 Å². The SMILES string of the molecule is Cc1cc(C(=O)O[C@@H]2Cc3c(O)cc(O)cc3O[C@@H]2c2cc(O)c(C)c(O)c2)cc(O)c1O. The van der Waals surface area contributed by atoms with Crippen LogP contribution in [0.2, 0.25) is 0 Å². The van der Waals surface area contributed by atoms with Crippen LogP contribution in [0.5, 0.6) is 40.2 Å². The van der Waals surface area contributed by atoms with Crippen molar-refractivity contribution in [3.05, 3.63) is 64.2 Å². The third-order valence-corrected chi connectivity index (χ3v) is 5.65. The maximum atomic E-state index is 12.9. The molecular formula is C24H22O9. The third-order valence-electron chi connectivity index (χ3n) is 5.65. The molecule has 1 heterocycles. The first kappa shape index (κ1) is 21.9. The van der Waals surface area contributed by atoms with Crippen molar-refractivity contribution in [3.63, 3.8) is 0 Å². The number of phenolic OH excluding ortho intramolecular Hbond substituents is 6. The van der Waals surface area contributed by atoms with Crippen molar-refractivity contribution < 1.29 is 44.9 Å². The normalized spacial score (nSPS) is 17.2. The van der Waals surface area contributed by atoms with E-state index in [4.69, 9.17) is 9.47 Å². The number of ether oxygens (including phenoxy) is 2. The van der Waals surface area contributed by atoms with Crippen molar-refractivity contribution >= 4 is 5.97 Å². The number of benzene rings is 3. The van der Waals surface area contributed by atoms with Crippen LogP contribution in [0.1, 0.15) is 38.7 Å². The van der Waals surface area contributed by atoms with Crippen molar-refractivity contribution in [3.8, 4) is 40.2 Å². The molecule has 172 valence electrons. The minimum atomic E-state index is -1.02. The standard InChI is InChI=1S/C24H22O9/c1-10-3-13(6-19(29)22(10)30)24(31)33-21-9-15-18(28)7-14(25)8-20(15)32-23(21)12-4-16(26)11(2)17(27)5-12/h3-8,21,23,25-30H,9H2,1-2H3/t21-,23-/m1/s1. The number of esters is 1. The zero-order chi connectivity index (χ0) is 24.0. The first-order valence-corrected chi connectivity index (χ1v) is 10.0. The Morgan fingerprint density at radius 2 is 1.55 bits per heavy atom. The van der Waals surface area contributed by atoms with Crippen LogP contribution in [-0.2, 0) is 11.2 Å². The van der Waals surface area contributed by atoms with E-state index in [-0.39, 0.29) is 57.6 Å². The molecule has 0 unspecified atom stereocenters. The number of carbonyl (C=O) groups excluding carboxylic acids is 1. The van der Waals surface area contributed by atoms with E-state index < -0.39 is 23.9 Å². The van der Waals surface area contributed by atoms with Crippen LogP contribution < -0.4 is 4.74 Å². The van der Waals surface area contributed by atoms with Crippen molar-refractivity contribution in [2.75, 3.05) is 0 Å². The fourth-order valence-corrected chi connectivity index (χ4v) is 3.79. The lowest BCUT2D eigenvalue weighted by Crippen LogP contribution is -2.34. The molecule has 0 bridgehead atoms. The van der Waals surface area contributed by atoms with Gasteiger partial charge < -0.3 is 40.1 Å². The summed E-state index contributed by atoms with van der Waals surface area (Å²) in [5, 5.41) is 60.0. The number of hydrogen-bond acceptors (Lipinski definition) is 9. The summed E-state index contributed by atoms with van der Waals surface area (Å²) >= 11 is 0. The summed E-state index contributed by atoms with van der Waals surface area (Å²) in [5.41, 5.74) is 1.11. The van der Waals surface area contributed by atoms with Gasteiger partial charge >= 0.3 is 5.97 Å². The van der Waals surface area contributed by atoms with Gasteiger partial charge in [0.25, 0.3) is 0 Å². The topological polar surface area (TPSA) is 157 Å². The van der Waals surface area contributed by atoms with E-state index in [2.05, 4.69) is 0 Å². The van der Waals surface area contributed by atoms with Crippen LogP contribution in [0.3, 0.4) is 0 Å². The number of fused-ring (bicyclic) bond motifs is 1. The van der Waals surface area contributed by atoms with Gasteiger partial charge in [-0.15, -0.1) is 0 Å². The highest BCUT2D eigenvalue weighted by Gasteiger charge is 2.37. The molecule has 3 aromatic carbocycles. The summed E-state index contributed by atoms with van der Waals surface area (Å²) in [5.74, 6) is -2.37. The molecule has 0 radical (unpaired) electrons. The Bertz CT molecular complexity index is 1220. The molecule has 9 heteroatoms. The molecule has 0 spiro atoms. The second kappa shape index (κ2) is 8.01. The third kappa shape index (κ3) is 4.00. The second-order valence-corrected chi connectivity index (χ2v) is 7.97. The number of carbonyl (C=O) groups is 1. The highest BCUT2D eigenvalue weighted by molar-refractivity contribution is 5.90. The number of rotatable bonds is 3. The molecule has 3 aromatic rings. The molecule has 33 heavy (non-hydrogen) atoms. The van der Waals surface area contributed by atoms with Crippen LogP contribution in [-0.4, -0.2) is 42.7 Å². The predicted octanol–water partition coefficient (Wildman–Crippen LogP) is 3.44. The maximum Gasteiger partial charge on any atom is 0.338 e. The number of hydrogen-bond donors (Lipinski definition) is 6. The van der Waals surface area contributed by atoms with E-state index in [0.717, 1.165) is 12.1 Å². The molecule has 1 aliphatic rings. The molecule has 0 saturated carbocycles. The number of aromatic hydroxyl groups is 6. The van der Waals surface area contributed by atoms with Crippen LogP contribution in [0.15, 0.2) is 36.4 Å². The molecule has 2 atom stereocenters. The Morgan fingerprint density at radius 3 is 2.18 bits per heavy atom. The molecule has 0 saturated heterocycles. The van der Waals surface area contributed by atoms with Gasteiger partial charge in [0.1, 0.15) is 34.9 Å². The largest absolute Gasteiger partial charge is 0.508 e. The summed E-state index contributed by atoms with van der Waals surface area (Å²) in [4.78, 5) is 12.9. The van der Waals surface area contributed by atoms with Gasteiger partial charge in [-0.25, -0.2) is 4.79 Å². The average molecular weight is 454 g/mol. The molecule has 1 aliphatic heterocycles. The van der Waals surface area contributed by atoms with E-state index in [1.807, 2.05) is 0 Å². The molecule has 0 fully saturated rings. The summed E-state index contributed by atoms with van der Waals surface area (Å²) in [6.45, 7) is 3.04. The van der Waals surface area contributed by atoms with Crippen LogP contribution in [0, 0.1) is 13.8 Å². The number of phenols is 6. The Balaban J connectivity index is 1.75. The quantitative estimate of drug-likeness (QED) is 0.258. The lowest BCUT2D eigenvalue weighted by atomic mass is 9.92. The predicted molar refractivity (Wildman–Crippen MR) is 115 cm³/mol. The maximum absolute atomic E-state index is 12.9. The van der Waals surface area contributed by atoms with Gasteiger partial charge in [0.05, 0.1) is 5.56 Å². The number of aryl methyl sites for hydroxylation is 1. The van der Waals surface area contributed by atoms with E-state index in [1.165, 1.54) is 38.1 Å². The first-order valence-electron chi connectivity index (χ1n) is 10.0. The van der Waals surface area contributed by atoms with Crippen molar-refractivity contribution in [2.24, 2.45) is 0 Å². The zero-order valence-electron chi connectivity index (χ0n) is 17.7. The van der Waals surface area contributed by atoms with Gasteiger partial charge in [-0.05, 0) is 43.7 Å². The summed E-state index contributed by atoms with van der Waals surface area (Å²) in [6.07, 6.45) is -2.03. The van der Waals surface area contributed by atoms with E-state index >= 15 is 0 Å². The summed E-state index contributed by atoms with van der Waals surface area (Å²) in [6, 6.07) is 7.58. The molecule has 0 aliphatic carbocycles. The van der Waals surface area contributed by atoms with Crippen LogP contribution in [0.4, 0.5) is 0 Å². The van der Waals surface area contributed by atoms with Crippen LogP contribution in [0.25, 0.3) is 0 Å². The van der Waals surface area contributed by atoms with E-state index in [0.29, 0.717) is 11.1 Å². The fraction of sp³-hybridized carbons (Fsp3) is 0.208. The minimum Gasteiger partial charge on any atom is -0.508 e. The first-order chi connectivity index (χ1) is 15.5. The molecular weight excluding hydrogens is 432 g/mol. The summed E-state index contributed by atoms with van der Waals surface area (Å²) < 4.78 is 11.6. The Labute approximate surface area is 188 Å². The monoisotopic (exact) mass is 454 g/mol. The smallest absolute Gasteiger partial charge is 0.338 e.